The van der Waals surface area contributed by atoms with Crippen LogP contribution in [0.25, 0.3) is 0 Å². The Bertz CT molecular complexity index is 937. The Morgan fingerprint density at radius 3 is 2.27 bits per heavy atom. The van der Waals surface area contributed by atoms with Crippen LogP contribution in [0, 0.1) is 0 Å². The molecule has 0 N–H and O–H groups in total. The molecule has 33 heavy (non-hydrogen) atoms. The van der Waals surface area contributed by atoms with Crippen molar-refractivity contribution in [3.05, 3.63) is 22.8 Å². The second kappa shape index (κ2) is 9.82. The topological polar surface area (TPSA) is 69.2 Å². The Kier molecular flexibility index (Phi) is 7.42. The smallest absolute Gasteiger partial charge is 0.379 e. The van der Waals surface area contributed by atoms with Crippen molar-refractivity contribution in [1.29, 1.82) is 0 Å². The summed E-state index contributed by atoms with van der Waals surface area (Å²) >= 11 is 6.15. The maximum Gasteiger partial charge on any atom is 0.417 e. The summed E-state index contributed by atoms with van der Waals surface area (Å²) in [6.07, 6.45) is -2.17. The molecule has 1 unspecified atom stereocenters. The van der Waals surface area contributed by atoms with Crippen LogP contribution in [0.4, 0.5) is 19.0 Å². The number of hydrogen-bond donors (Lipinski definition) is 0. The molecule has 3 aliphatic heterocycles. The van der Waals surface area contributed by atoms with Gasteiger partial charge in [0.15, 0.2) is 0 Å². The molecule has 0 amide bonds. The van der Waals surface area contributed by atoms with Crippen molar-refractivity contribution in [2.45, 2.75) is 38.0 Å². The lowest BCUT2D eigenvalue weighted by Crippen LogP contribution is -2.58. The lowest BCUT2D eigenvalue weighted by atomic mass is 10.0. The molecular formula is C20H29ClF3N5O3S. The molecule has 0 aliphatic carbocycles. The van der Waals surface area contributed by atoms with E-state index in [1.807, 2.05) is 11.8 Å². The third kappa shape index (κ3) is 5.40. The van der Waals surface area contributed by atoms with Crippen molar-refractivity contribution in [3.63, 3.8) is 0 Å². The fourth-order valence-corrected chi connectivity index (χ4v) is 6.69. The minimum Gasteiger partial charge on any atom is -0.379 e. The van der Waals surface area contributed by atoms with Crippen molar-refractivity contribution < 1.29 is 26.3 Å². The maximum absolute atomic E-state index is 12.9. The van der Waals surface area contributed by atoms with E-state index in [4.69, 9.17) is 16.3 Å². The van der Waals surface area contributed by atoms with Gasteiger partial charge in [-0.05, 0) is 25.8 Å². The minimum absolute atomic E-state index is 0.00764. The number of pyridine rings is 1. The van der Waals surface area contributed by atoms with Crippen molar-refractivity contribution in [2.75, 3.05) is 63.9 Å². The molecule has 0 radical (unpaired) electrons. The first-order chi connectivity index (χ1) is 15.6. The van der Waals surface area contributed by atoms with Crippen LogP contribution in [0.3, 0.4) is 0 Å². The van der Waals surface area contributed by atoms with Crippen LogP contribution in [0.1, 0.15) is 25.3 Å². The molecule has 3 saturated heterocycles. The van der Waals surface area contributed by atoms with E-state index in [9.17, 15) is 21.6 Å². The molecule has 0 spiro atoms. The first kappa shape index (κ1) is 24.9. The van der Waals surface area contributed by atoms with Crippen LogP contribution >= 0.6 is 11.6 Å². The molecule has 0 aromatic carbocycles. The second-order valence-corrected chi connectivity index (χ2v) is 11.0. The zero-order valence-corrected chi connectivity index (χ0v) is 20.0. The van der Waals surface area contributed by atoms with Crippen LogP contribution in [-0.2, 0) is 21.1 Å². The average Bonchev–Trinajstić information content (AvgIpc) is 2.79. The molecule has 3 fully saturated rings. The summed E-state index contributed by atoms with van der Waals surface area (Å²) in [5, 5.41) is -0.00764. The number of morpholine rings is 1. The van der Waals surface area contributed by atoms with Gasteiger partial charge in [0.2, 0.25) is 0 Å². The van der Waals surface area contributed by atoms with Crippen molar-refractivity contribution in [1.82, 2.24) is 18.5 Å². The van der Waals surface area contributed by atoms with Gasteiger partial charge in [-0.1, -0.05) is 11.6 Å². The summed E-state index contributed by atoms with van der Waals surface area (Å²) < 4.78 is 72.8. The van der Waals surface area contributed by atoms with Crippen LogP contribution < -0.4 is 4.90 Å². The molecule has 186 valence electrons. The first-order valence-corrected chi connectivity index (χ1v) is 12.9. The largest absolute Gasteiger partial charge is 0.417 e. The van der Waals surface area contributed by atoms with Crippen molar-refractivity contribution in [3.8, 4) is 0 Å². The Morgan fingerprint density at radius 1 is 1.06 bits per heavy atom. The number of halogens is 4. The van der Waals surface area contributed by atoms with E-state index in [0.717, 1.165) is 25.1 Å². The molecule has 1 atom stereocenters. The van der Waals surface area contributed by atoms with E-state index >= 15 is 0 Å². The fourth-order valence-electron chi connectivity index (χ4n) is 4.81. The molecule has 13 heteroatoms. The maximum atomic E-state index is 12.9. The van der Waals surface area contributed by atoms with E-state index < -0.39 is 21.9 Å². The lowest BCUT2D eigenvalue weighted by Gasteiger charge is -2.46. The van der Waals surface area contributed by atoms with E-state index in [0.29, 0.717) is 64.8 Å². The molecule has 1 aromatic rings. The Morgan fingerprint density at radius 2 is 1.70 bits per heavy atom. The monoisotopic (exact) mass is 511 g/mol. The van der Waals surface area contributed by atoms with Gasteiger partial charge in [0.25, 0.3) is 10.2 Å². The number of hydrogen-bond acceptors (Lipinski definition) is 6. The highest BCUT2D eigenvalue weighted by atomic mass is 35.5. The van der Waals surface area contributed by atoms with E-state index in [-0.39, 0.29) is 17.1 Å². The fraction of sp³-hybridized carbons (Fsp3) is 0.750. The molecule has 0 saturated carbocycles. The Balaban J connectivity index is 1.34. The summed E-state index contributed by atoms with van der Waals surface area (Å²) in [7, 11) is -3.46. The van der Waals surface area contributed by atoms with Gasteiger partial charge in [-0.25, -0.2) is 4.98 Å². The van der Waals surface area contributed by atoms with Crippen molar-refractivity contribution in [2.24, 2.45) is 0 Å². The Hall–Kier alpha value is -1.18. The van der Waals surface area contributed by atoms with Gasteiger partial charge in [0.05, 0.1) is 23.8 Å². The third-order valence-corrected chi connectivity index (χ3v) is 8.96. The van der Waals surface area contributed by atoms with Crippen molar-refractivity contribution >= 4 is 27.6 Å². The first-order valence-electron chi connectivity index (χ1n) is 11.1. The quantitative estimate of drug-likeness (QED) is 0.618. The number of piperazine rings is 1. The lowest BCUT2D eigenvalue weighted by molar-refractivity contribution is -0.137. The number of piperidine rings is 1. The third-order valence-electron chi connectivity index (χ3n) is 6.64. The van der Waals surface area contributed by atoms with Crippen LogP contribution in [-0.4, -0.2) is 98.0 Å². The molecule has 4 rings (SSSR count). The normalized spacial score (nSPS) is 25.5. The number of aromatic nitrogens is 1. The molecule has 3 aliphatic rings. The molecule has 8 nitrogen and oxygen atoms in total. The van der Waals surface area contributed by atoms with E-state index in [1.165, 1.54) is 4.31 Å². The molecular weight excluding hydrogens is 483 g/mol. The van der Waals surface area contributed by atoms with Crippen LogP contribution in [0.5, 0.6) is 0 Å². The highest BCUT2D eigenvalue weighted by Gasteiger charge is 2.37. The summed E-state index contributed by atoms with van der Waals surface area (Å²) in [5.41, 5.74) is -0.860. The standard InChI is InChI=1S/C20H29ClF3N5O3S/c1-15-14-26(6-7-29(15)19-18(21)12-16(13-25-19)20(22,23)24)17-2-4-27(5-3-17)33(30,31)28-8-10-32-11-9-28/h12-13,15,17H,2-11,14H2,1H3. The highest BCUT2D eigenvalue weighted by Crippen LogP contribution is 2.35. The highest BCUT2D eigenvalue weighted by molar-refractivity contribution is 7.86. The Labute approximate surface area is 197 Å². The zero-order valence-electron chi connectivity index (χ0n) is 18.5. The van der Waals surface area contributed by atoms with Gasteiger partial charge in [-0.2, -0.15) is 30.2 Å². The summed E-state index contributed by atoms with van der Waals surface area (Å²) in [6, 6.07) is 1.20. The summed E-state index contributed by atoms with van der Waals surface area (Å²) in [4.78, 5) is 8.29. The summed E-state index contributed by atoms with van der Waals surface area (Å²) in [6.45, 7) is 6.60. The average molecular weight is 512 g/mol. The SMILES string of the molecule is CC1CN(C2CCN(S(=O)(=O)N3CCOCC3)CC2)CCN1c1ncc(C(F)(F)F)cc1Cl. The number of alkyl halides is 3. The molecule has 4 heterocycles. The zero-order chi connectivity index (χ0) is 23.8. The van der Waals surface area contributed by atoms with Gasteiger partial charge in [0.1, 0.15) is 5.82 Å². The number of nitrogens with zero attached hydrogens (tertiary/aromatic N) is 5. The van der Waals surface area contributed by atoms with Crippen LogP contribution in [0.2, 0.25) is 5.02 Å². The molecule has 1 aromatic heterocycles. The van der Waals surface area contributed by atoms with Gasteiger partial charge < -0.3 is 9.64 Å². The number of rotatable bonds is 4. The predicted molar refractivity (Wildman–Crippen MR) is 119 cm³/mol. The number of ether oxygens (including phenoxy) is 1. The van der Waals surface area contributed by atoms with Crippen LogP contribution in [0.15, 0.2) is 12.3 Å². The number of anilines is 1. The van der Waals surface area contributed by atoms with E-state index in [1.54, 1.807) is 4.31 Å². The molecule has 0 bridgehead atoms. The van der Waals surface area contributed by atoms with E-state index in [2.05, 4.69) is 9.88 Å². The van der Waals surface area contributed by atoms with Gasteiger partial charge in [0, 0.05) is 64.1 Å². The van der Waals surface area contributed by atoms with Gasteiger partial charge >= 0.3 is 6.18 Å². The second-order valence-electron chi connectivity index (χ2n) is 8.71. The minimum atomic E-state index is -4.48. The predicted octanol–water partition coefficient (Wildman–Crippen LogP) is 2.31. The van der Waals surface area contributed by atoms with Gasteiger partial charge in [-0.15, -0.1) is 0 Å². The van der Waals surface area contributed by atoms with Gasteiger partial charge in [-0.3, -0.25) is 4.90 Å². The summed E-state index contributed by atoms with van der Waals surface area (Å²) in [5.74, 6) is 0.364.